The first-order valence-corrected chi connectivity index (χ1v) is 11.1. The van der Waals surface area contributed by atoms with Crippen molar-refractivity contribution in [3.05, 3.63) is 93.5 Å². The van der Waals surface area contributed by atoms with Gasteiger partial charge in [-0.25, -0.2) is 0 Å². The zero-order valence-electron chi connectivity index (χ0n) is 15.9. The predicted molar refractivity (Wildman–Crippen MR) is 122 cm³/mol. The van der Waals surface area contributed by atoms with Gasteiger partial charge < -0.3 is 10.2 Å². The molecule has 1 heterocycles. The van der Waals surface area contributed by atoms with Crippen LogP contribution in [0.15, 0.2) is 71.6 Å². The van der Waals surface area contributed by atoms with Crippen LogP contribution in [0.1, 0.15) is 21.5 Å². The second-order valence-electron chi connectivity index (χ2n) is 6.89. The highest BCUT2D eigenvalue weighted by Gasteiger charge is 2.26. The second-order valence-corrected chi connectivity index (χ2v) is 8.78. The first kappa shape index (κ1) is 20.8. The van der Waals surface area contributed by atoms with Crippen molar-refractivity contribution in [3.63, 3.8) is 0 Å². The number of rotatable bonds is 5. The van der Waals surface area contributed by atoms with Crippen molar-refractivity contribution >= 4 is 52.5 Å². The molecule has 0 aromatic heterocycles. The lowest BCUT2D eigenvalue weighted by Crippen LogP contribution is -2.35. The van der Waals surface area contributed by atoms with Crippen LogP contribution >= 0.6 is 35.0 Å². The van der Waals surface area contributed by atoms with E-state index >= 15 is 0 Å². The highest BCUT2D eigenvalue weighted by molar-refractivity contribution is 8.00. The van der Waals surface area contributed by atoms with Gasteiger partial charge >= 0.3 is 0 Å². The first-order chi connectivity index (χ1) is 14.5. The number of thioether (sulfide) groups is 1. The van der Waals surface area contributed by atoms with Crippen molar-refractivity contribution in [3.8, 4) is 0 Å². The van der Waals surface area contributed by atoms with E-state index < -0.39 is 0 Å². The average molecular weight is 457 g/mol. The molecule has 1 aliphatic heterocycles. The van der Waals surface area contributed by atoms with Gasteiger partial charge in [0.1, 0.15) is 0 Å². The molecule has 2 amide bonds. The molecular formula is C23H18Cl2N2O2S. The predicted octanol–water partition coefficient (Wildman–Crippen LogP) is 5.56. The largest absolute Gasteiger partial charge is 0.348 e. The van der Waals surface area contributed by atoms with Crippen LogP contribution in [0.5, 0.6) is 0 Å². The quantitative estimate of drug-likeness (QED) is 0.546. The molecular weight excluding hydrogens is 439 g/mol. The lowest BCUT2D eigenvalue weighted by Gasteiger charge is -2.29. The second kappa shape index (κ2) is 9.13. The minimum atomic E-state index is -0.196. The number of nitrogens with zero attached hydrogens (tertiary/aromatic N) is 1. The van der Waals surface area contributed by atoms with Gasteiger partial charge in [0.2, 0.25) is 5.91 Å². The molecule has 4 rings (SSSR count). The monoisotopic (exact) mass is 456 g/mol. The molecule has 0 spiro atoms. The van der Waals surface area contributed by atoms with Gasteiger partial charge in [0, 0.05) is 27.0 Å². The summed E-state index contributed by atoms with van der Waals surface area (Å²) in [5.74, 6) is 0.181. The summed E-state index contributed by atoms with van der Waals surface area (Å²) in [5, 5.41) is 4.20. The zero-order valence-corrected chi connectivity index (χ0v) is 18.2. The van der Waals surface area contributed by atoms with Crippen LogP contribution in [0.3, 0.4) is 0 Å². The Hall–Kier alpha value is -2.47. The number of carbonyl (C=O) groups is 2. The van der Waals surface area contributed by atoms with E-state index in [2.05, 4.69) is 5.32 Å². The molecule has 30 heavy (non-hydrogen) atoms. The summed E-state index contributed by atoms with van der Waals surface area (Å²) >= 11 is 13.5. The van der Waals surface area contributed by atoms with E-state index in [0.29, 0.717) is 34.5 Å². The summed E-state index contributed by atoms with van der Waals surface area (Å²) in [7, 11) is 0. The molecule has 4 nitrogen and oxygen atoms in total. The molecule has 0 unspecified atom stereocenters. The van der Waals surface area contributed by atoms with E-state index in [4.69, 9.17) is 23.2 Å². The van der Waals surface area contributed by atoms with Crippen molar-refractivity contribution in [1.82, 2.24) is 5.32 Å². The van der Waals surface area contributed by atoms with Crippen molar-refractivity contribution in [2.45, 2.75) is 18.0 Å². The third-order valence-corrected chi connectivity index (χ3v) is 6.29. The number of hydrogen-bond donors (Lipinski definition) is 1. The lowest BCUT2D eigenvalue weighted by atomic mass is 10.1. The SMILES string of the molecule is O=C(NCc1ccc(Cl)cc1)c1ccc2c(c1)N(Cc1cccc(Cl)c1)C(=O)CS2. The van der Waals surface area contributed by atoms with Gasteiger partial charge in [-0.15, -0.1) is 11.8 Å². The summed E-state index contributed by atoms with van der Waals surface area (Å²) in [5.41, 5.74) is 3.15. The van der Waals surface area contributed by atoms with Crippen molar-refractivity contribution in [1.29, 1.82) is 0 Å². The molecule has 1 N–H and O–H groups in total. The Balaban J connectivity index is 1.54. The molecule has 0 fully saturated rings. The van der Waals surface area contributed by atoms with Gasteiger partial charge in [0.05, 0.1) is 18.0 Å². The zero-order chi connectivity index (χ0) is 21.1. The van der Waals surface area contributed by atoms with Crippen LogP contribution < -0.4 is 10.2 Å². The summed E-state index contributed by atoms with van der Waals surface area (Å²) in [6.45, 7) is 0.801. The van der Waals surface area contributed by atoms with Gasteiger partial charge in [-0.2, -0.15) is 0 Å². The number of hydrogen-bond acceptors (Lipinski definition) is 3. The van der Waals surface area contributed by atoms with E-state index in [1.165, 1.54) is 11.8 Å². The minimum Gasteiger partial charge on any atom is -0.348 e. The topological polar surface area (TPSA) is 49.4 Å². The van der Waals surface area contributed by atoms with Crippen LogP contribution in [0.25, 0.3) is 0 Å². The Labute approximate surface area is 189 Å². The van der Waals surface area contributed by atoms with E-state index in [1.54, 1.807) is 35.2 Å². The van der Waals surface area contributed by atoms with Crippen LogP contribution in [0.4, 0.5) is 5.69 Å². The molecule has 0 aliphatic carbocycles. The van der Waals surface area contributed by atoms with E-state index in [0.717, 1.165) is 21.7 Å². The van der Waals surface area contributed by atoms with Crippen LogP contribution in [-0.4, -0.2) is 17.6 Å². The van der Waals surface area contributed by atoms with Gasteiger partial charge in [0.25, 0.3) is 5.91 Å². The van der Waals surface area contributed by atoms with Crippen LogP contribution in [0, 0.1) is 0 Å². The highest BCUT2D eigenvalue weighted by Crippen LogP contribution is 2.37. The molecule has 0 bridgehead atoms. The number of fused-ring (bicyclic) bond motifs is 1. The Morgan fingerprint density at radius 3 is 2.53 bits per heavy atom. The number of anilines is 1. The smallest absolute Gasteiger partial charge is 0.251 e. The number of carbonyl (C=O) groups excluding carboxylic acids is 2. The van der Waals surface area contributed by atoms with Gasteiger partial charge in [0.15, 0.2) is 0 Å². The maximum atomic E-state index is 12.7. The maximum Gasteiger partial charge on any atom is 0.251 e. The summed E-state index contributed by atoms with van der Waals surface area (Å²) in [6.07, 6.45) is 0. The number of nitrogens with one attached hydrogen (secondary N) is 1. The van der Waals surface area contributed by atoms with Crippen LogP contribution in [-0.2, 0) is 17.9 Å². The Morgan fingerprint density at radius 2 is 1.77 bits per heavy atom. The van der Waals surface area contributed by atoms with Crippen molar-refractivity contribution in [2.24, 2.45) is 0 Å². The molecule has 0 saturated carbocycles. The minimum absolute atomic E-state index is 0.00574. The summed E-state index contributed by atoms with van der Waals surface area (Å²) in [4.78, 5) is 28.0. The van der Waals surface area contributed by atoms with Gasteiger partial charge in [-0.1, -0.05) is 47.5 Å². The fourth-order valence-corrected chi connectivity index (χ4v) is 4.48. The fraction of sp³-hybridized carbons (Fsp3) is 0.130. The summed E-state index contributed by atoms with van der Waals surface area (Å²) < 4.78 is 0. The standard InChI is InChI=1S/C23H18Cl2N2O2S/c24-18-7-4-15(5-8-18)12-26-23(29)17-6-9-21-20(11-17)27(22(28)14-30-21)13-16-2-1-3-19(25)10-16/h1-11H,12-14H2,(H,26,29). The molecule has 3 aromatic carbocycles. The molecule has 0 atom stereocenters. The average Bonchev–Trinajstić information content (AvgIpc) is 2.75. The molecule has 0 saturated heterocycles. The van der Waals surface area contributed by atoms with E-state index in [1.807, 2.05) is 36.4 Å². The Morgan fingerprint density at radius 1 is 0.967 bits per heavy atom. The maximum absolute atomic E-state index is 12.7. The lowest BCUT2D eigenvalue weighted by molar-refractivity contribution is -0.116. The Kier molecular flexibility index (Phi) is 6.32. The molecule has 3 aromatic rings. The normalized spacial score (nSPS) is 13.1. The first-order valence-electron chi connectivity index (χ1n) is 9.34. The van der Waals surface area contributed by atoms with Crippen molar-refractivity contribution < 1.29 is 9.59 Å². The van der Waals surface area contributed by atoms with E-state index in [-0.39, 0.29) is 11.8 Å². The third kappa shape index (κ3) is 4.81. The van der Waals surface area contributed by atoms with E-state index in [9.17, 15) is 9.59 Å². The van der Waals surface area contributed by atoms with Gasteiger partial charge in [-0.05, 0) is 53.6 Å². The molecule has 1 aliphatic rings. The number of halogens is 2. The highest BCUT2D eigenvalue weighted by atomic mass is 35.5. The number of amides is 2. The number of benzene rings is 3. The molecule has 7 heteroatoms. The Bertz CT molecular complexity index is 1100. The van der Waals surface area contributed by atoms with Crippen molar-refractivity contribution in [2.75, 3.05) is 10.7 Å². The third-order valence-electron chi connectivity index (χ3n) is 4.76. The van der Waals surface area contributed by atoms with Crippen LogP contribution in [0.2, 0.25) is 10.0 Å². The van der Waals surface area contributed by atoms with Gasteiger partial charge in [-0.3, -0.25) is 9.59 Å². The molecule has 152 valence electrons. The summed E-state index contributed by atoms with van der Waals surface area (Å²) in [6, 6.07) is 20.2. The fourth-order valence-electron chi connectivity index (χ4n) is 3.22. The molecule has 0 radical (unpaired) electrons.